The van der Waals surface area contributed by atoms with Gasteiger partial charge in [-0.05, 0) is 37.6 Å². The van der Waals surface area contributed by atoms with E-state index in [4.69, 9.17) is 0 Å². The Kier molecular flexibility index (Phi) is 3.32. The van der Waals surface area contributed by atoms with E-state index in [1.807, 2.05) is 6.92 Å². The van der Waals surface area contributed by atoms with E-state index in [1.54, 1.807) is 31.2 Å². The number of aromatic hydroxyl groups is 1. The van der Waals surface area contributed by atoms with Gasteiger partial charge in [0, 0.05) is 4.88 Å². The molecule has 0 aliphatic rings. The number of nitrogens with one attached hydrogen (secondary N) is 1. The highest BCUT2D eigenvalue weighted by Crippen LogP contribution is 2.30. The van der Waals surface area contributed by atoms with Gasteiger partial charge < -0.3 is 5.11 Å². The first-order chi connectivity index (χ1) is 8.40. The Morgan fingerprint density at radius 1 is 1.17 bits per heavy atom. The van der Waals surface area contributed by atoms with Crippen molar-refractivity contribution in [3.63, 3.8) is 0 Å². The number of rotatable bonds is 3. The molecule has 2 aromatic rings. The van der Waals surface area contributed by atoms with Crippen LogP contribution in [0.4, 0.5) is 5.69 Å². The summed E-state index contributed by atoms with van der Waals surface area (Å²) in [6.07, 6.45) is 0. The average Bonchev–Trinajstić information content (AvgIpc) is 2.72. The lowest BCUT2D eigenvalue weighted by molar-refractivity contribution is 0.473. The number of phenols is 1. The van der Waals surface area contributed by atoms with Crippen molar-refractivity contribution in [1.29, 1.82) is 0 Å². The lowest BCUT2D eigenvalue weighted by Crippen LogP contribution is -2.11. The van der Waals surface area contributed by atoms with Crippen molar-refractivity contribution < 1.29 is 13.5 Å². The zero-order valence-corrected chi connectivity index (χ0v) is 11.6. The fourth-order valence-electron chi connectivity index (χ4n) is 1.49. The van der Waals surface area contributed by atoms with Crippen LogP contribution in [-0.4, -0.2) is 13.5 Å². The van der Waals surface area contributed by atoms with Crippen LogP contribution in [0.2, 0.25) is 0 Å². The highest BCUT2D eigenvalue weighted by atomic mass is 32.2. The summed E-state index contributed by atoms with van der Waals surface area (Å²) in [5, 5.41) is 9.79. The average molecular weight is 283 g/mol. The zero-order chi connectivity index (χ0) is 13.3. The van der Waals surface area contributed by atoms with E-state index in [0.29, 0.717) is 5.56 Å². The summed E-state index contributed by atoms with van der Waals surface area (Å²) in [6, 6.07) is 8.22. The van der Waals surface area contributed by atoms with Crippen molar-refractivity contribution in [2.75, 3.05) is 4.72 Å². The van der Waals surface area contributed by atoms with Crippen LogP contribution in [0.3, 0.4) is 0 Å². The minimum atomic E-state index is -3.62. The molecule has 96 valence electrons. The highest BCUT2D eigenvalue weighted by molar-refractivity contribution is 7.94. The third-order valence-corrected chi connectivity index (χ3v) is 5.32. The molecule has 4 nitrogen and oxygen atoms in total. The molecule has 0 aliphatic heterocycles. The molecule has 0 radical (unpaired) electrons. The summed E-state index contributed by atoms with van der Waals surface area (Å²) in [6.45, 7) is 3.55. The van der Waals surface area contributed by atoms with Gasteiger partial charge in [0.1, 0.15) is 9.96 Å². The second-order valence-corrected chi connectivity index (χ2v) is 7.14. The van der Waals surface area contributed by atoms with Crippen LogP contribution in [0, 0.1) is 13.8 Å². The van der Waals surface area contributed by atoms with Crippen LogP contribution >= 0.6 is 11.3 Å². The SMILES string of the molecule is Cc1ccc(S(=O)(=O)Nc2cccc(C)c2O)s1. The van der Waals surface area contributed by atoms with Crippen LogP contribution in [0.1, 0.15) is 10.4 Å². The first kappa shape index (κ1) is 12.9. The molecular weight excluding hydrogens is 270 g/mol. The van der Waals surface area contributed by atoms with E-state index in [0.717, 1.165) is 4.88 Å². The number of phenolic OH excluding ortho intramolecular Hbond substituents is 1. The number of anilines is 1. The van der Waals surface area contributed by atoms with E-state index < -0.39 is 10.0 Å². The van der Waals surface area contributed by atoms with Gasteiger partial charge >= 0.3 is 0 Å². The van der Waals surface area contributed by atoms with Crippen molar-refractivity contribution in [3.05, 3.63) is 40.8 Å². The molecule has 0 fully saturated rings. The van der Waals surface area contributed by atoms with Crippen LogP contribution in [0.5, 0.6) is 5.75 Å². The maximum Gasteiger partial charge on any atom is 0.271 e. The van der Waals surface area contributed by atoms with Crippen molar-refractivity contribution in [1.82, 2.24) is 0 Å². The Balaban J connectivity index is 2.37. The van der Waals surface area contributed by atoms with Gasteiger partial charge in [-0.1, -0.05) is 12.1 Å². The Morgan fingerprint density at radius 2 is 1.89 bits per heavy atom. The molecule has 18 heavy (non-hydrogen) atoms. The number of thiophene rings is 1. The molecule has 6 heteroatoms. The van der Waals surface area contributed by atoms with Gasteiger partial charge in [0.25, 0.3) is 10.0 Å². The van der Waals surface area contributed by atoms with Crippen molar-refractivity contribution in [2.45, 2.75) is 18.1 Å². The molecule has 1 aromatic heterocycles. The molecule has 1 aromatic carbocycles. The van der Waals surface area contributed by atoms with Crippen molar-refractivity contribution >= 4 is 27.0 Å². The predicted molar refractivity (Wildman–Crippen MR) is 72.7 cm³/mol. The van der Waals surface area contributed by atoms with Gasteiger partial charge in [-0.2, -0.15) is 0 Å². The summed E-state index contributed by atoms with van der Waals surface area (Å²) < 4.78 is 26.8. The monoisotopic (exact) mass is 283 g/mol. The maximum absolute atomic E-state index is 12.1. The minimum absolute atomic E-state index is 0.0469. The number of para-hydroxylation sites is 1. The Morgan fingerprint density at radius 3 is 2.50 bits per heavy atom. The molecule has 0 spiro atoms. The number of benzene rings is 1. The van der Waals surface area contributed by atoms with Crippen molar-refractivity contribution in [3.8, 4) is 5.75 Å². The fraction of sp³-hybridized carbons (Fsp3) is 0.167. The van der Waals surface area contributed by atoms with Gasteiger partial charge in [0.2, 0.25) is 0 Å². The van der Waals surface area contributed by atoms with E-state index in [9.17, 15) is 13.5 Å². The maximum atomic E-state index is 12.1. The number of hydrogen-bond donors (Lipinski definition) is 2. The number of hydrogen-bond acceptors (Lipinski definition) is 4. The molecule has 0 saturated carbocycles. The van der Waals surface area contributed by atoms with Gasteiger partial charge in [-0.3, -0.25) is 4.72 Å². The van der Waals surface area contributed by atoms with E-state index in [1.165, 1.54) is 17.4 Å². The fourth-order valence-corrected chi connectivity index (χ4v) is 3.84. The Labute approximate surface area is 110 Å². The third kappa shape index (κ3) is 2.49. The summed E-state index contributed by atoms with van der Waals surface area (Å²) in [5.41, 5.74) is 0.818. The molecule has 0 amide bonds. The molecule has 0 saturated heterocycles. The molecule has 0 aliphatic carbocycles. The minimum Gasteiger partial charge on any atom is -0.505 e. The lowest BCUT2D eigenvalue weighted by Gasteiger charge is -2.09. The first-order valence-electron chi connectivity index (χ1n) is 5.28. The smallest absolute Gasteiger partial charge is 0.271 e. The van der Waals surface area contributed by atoms with Crippen molar-refractivity contribution in [2.24, 2.45) is 0 Å². The molecular formula is C12H13NO3S2. The second kappa shape index (κ2) is 4.62. The summed E-state index contributed by atoms with van der Waals surface area (Å²) in [4.78, 5) is 0.920. The van der Waals surface area contributed by atoms with Crippen LogP contribution in [0.25, 0.3) is 0 Å². The second-order valence-electron chi connectivity index (χ2n) is 3.94. The molecule has 0 bridgehead atoms. The molecule has 2 rings (SSSR count). The summed E-state index contributed by atoms with van der Waals surface area (Å²) in [7, 11) is -3.62. The van der Waals surface area contributed by atoms with E-state index in [-0.39, 0.29) is 15.6 Å². The van der Waals surface area contributed by atoms with Gasteiger partial charge in [0.15, 0.2) is 0 Å². The van der Waals surface area contributed by atoms with Crippen LogP contribution in [0.15, 0.2) is 34.5 Å². The highest BCUT2D eigenvalue weighted by Gasteiger charge is 2.18. The van der Waals surface area contributed by atoms with E-state index >= 15 is 0 Å². The Bertz CT molecular complexity index is 674. The molecule has 1 heterocycles. The summed E-state index contributed by atoms with van der Waals surface area (Å²) >= 11 is 1.19. The molecule has 0 atom stereocenters. The first-order valence-corrected chi connectivity index (χ1v) is 7.58. The van der Waals surface area contributed by atoms with Crippen LogP contribution < -0.4 is 4.72 Å². The molecule has 2 N–H and O–H groups in total. The number of sulfonamides is 1. The van der Waals surface area contributed by atoms with Gasteiger partial charge in [-0.15, -0.1) is 11.3 Å². The normalized spacial score (nSPS) is 11.4. The largest absolute Gasteiger partial charge is 0.505 e. The molecule has 0 unspecified atom stereocenters. The third-order valence-electron chi connectivity index (χ3n) is 2.46. The number of aryl methyl sites for hydroxylation is 2. The van der Waals surface area contributed by atoms with Gasteiger partial charge in [0.05, 0.1) is 5.69 Å². The predicted octanol–water partition coefficient (Wildman–Crippen LogP) is 2.87. The van der Waals surface area contributed by atoms with E-state index in [2.05, 4.69) is 4.72 Å². The lowest BCUT2D eigenvalue weighted by atomic mass is 10.2. The van der Waals surface area contributed by atoms with Gasteiger partial charge in [-0.25, -0.2) is 8.42 Å². The standard InChI is InChI=1S/C12H13NO3S2/c1-8-4-3-5-10(12(8)14)13-18(15,16)11-7-6-9(2)17-11/h3-7,13-14H,1-2H3. The Hall–Kier alpha value is -1.53. The zero-order valence-electron chi connectivity index (χ0n) is 9.97. The quantitative estimate of drug-likeness (QED) is 0.851. The summed E-state index contributed by atoms with van der Waals surface area (Å²) in [5.74, 6) is -0.0469. The van der Waals surface area contributed by atoms with Crippen LogP contribution in [-0.2, 0) is 10.0 Å². The topological polar surface area (TPSA) is 66.4 Å².